The highest BCUT2D eigenvalue weighted by atomic mass is 35.5. The Labute approximate surface area is 121 Å². The van der Waals surface area contributed by atoms with Gasteiger partial charge in [-0.25, -0.2) is 4.98 Å². The van der Waals surface area contributed by atoms with Crippen LogP contribution in [-0.4, -0.2) is 52.4 Å². The van der Waals surface area contributed by atoms with E-state index in [2.05, 4.69) is 27.3 Å². The fourth-order valence-corrected chi connectivity index (χ4v) is 2.23. The van der Waals surface area contributed by atoms with Gasteiger partial charge < -0.3 is 10.2 Å². The lowest BCUT2D eigenvalue weighted by Crippen LogP contribution is -2.35. The number of hydrogen-bond donors (Lipinski definition) is 1. The van der Waals surface area contributed by atoms with E-state index in [1.165, 1.54) is 25.8 Å². The van der Waals surface area contributed by atoms with Crippen molar-refractivity contribution < 1.29 is 0 Å². The van der Waals surface area contributed by atoms with Gasteiger partial charge >= 0.3 is 0 Å². The zero-order valence-electron chi connectivity index (χ0n) is 10.8. The van der Waals surface area contributed by atoms with Gasteiger partial charge in [-0.05, 0) is 39.4 Å². The number of nitrogens with one attached hydrogen (secondary N) is 1. The molecule has 7 heteroatoms. The van der Waals surface area contributed by atoms with E-state index in [-0.39, 0.29) is 24.8 Å². The quantitative estimate of drug-likeness (QED) is 0.907. The van der Waals surface area contributed by atoms with Crippen molar-refractivity contribution in [3.8, 4) is 0 Å². The lowest BCUT2D eigenvalue weighted by molar-refractivity contribution is 0.214. The van der Waals surface area contributed by atoms with E-state index in [9.17, 15) is 0 Å². The van der Waals surface area contributed by atoms with Crippen LogP contribution < -0.4 is 5.32 Å². The van der Waals surface area contributed by atoms with Crippen LogP contribution in [-0.2, 0) is 6.54 Å². The smallest absolute Gasteiger partial charge is 0.137 e. The van der Waals surface area contributed by atoms with E-state index in [0.717, 1.165) is 25.7 Å². The third kappa shape index (κ3) is 5.52. The fraction of sp³-hybridized carbons (Fsp3) is 0.818. The number of aromatic nitrogens is 3. The van der Waals surface area contributed by atoms with Gasteiger partial charge in [-0.1, -0.05) is 0 Å². The Morgan fingerprint density at radius 2 is 2.17 bits per heavy atom. The Kier molecular flexibility index (Phi) is 9.36. The van der Waals surface area contributed by atoms with Gasteiger partial charge in [0.25, 0.3) is 0 Å². The van der Waals surface area contributed by atoms with Crippen molar-refractivity contribution in [2.75, 3.05) is 26.7 Å². The molecule has 2 rings (SSSR count). The first-order chi connectivity index (χ1) is 7.86. The van der Waals surface area contributed by atoms with Gasteiger partial charge in [0.2, 0.25) is 0 Å². The van der Waals surface area contributed by atoms with Gasteiger partial charge in [-0.15, -0.1) is 24.8 Å². The maximum Gasteiger partial charge on any atom is 0.137 e. The summed E-state index contributed by atoms with van der Waals surface area (Å²) in [4.78, 5) is 6.40. The van der Waals surface area contributed by atoms with Gasteiger partial charge in [0.1, 0.15) is 12.7 Å². The summed E-state index contributed by atoms with van der Waals surface area (Å²) < 4.78 is 1.89. The van der Waals surface area contributed by atoms with Crippen LogP contribution in [0.5, 0.6) is 0 Å². The Balaban J connectivity index is 0.00000144. The molecule has 2 heterocycles. The fourth-order valence-electron chi connectivity index (χ4n) is 2.23. The van der Waals surface area contributed by atoms with Gasteiger partial charge in [0.05, 0.1) is 6.54 Å². The average molecular weight is 296 g/mol. The van der Waals surface area contributed by atoms with Crippen molar-refractivity contribution >= 4 is 24.8 Å². The first-order valence-corrected chi connectivity index (χ1v) is 6.09. The summed E-state index contributed by atoms with van der Waals surface area (Å²) in [6.45, 7) is 4.31. The molecule has 1 aliphatic heterocycles. The van der Waals surface area contributed by atoms with Crippen molar-refractivity contribution in [1.29, 1.82) is 0 Å². The highest BCUT2D eigenvalue weighted by molar-refractivity contribution is 5.85. The minimum Gasteiger partial charge on any atom is -0.317 e. The summed E-state index contributed by atoms with van der Waals surface area (Å²) in [7, 11) is 2.22. The summed E-state index contributed by atoms with van der Waals surface area (Å²) in [6, 6.07) is 0.721. The largest absolute Gasteiger partial charge is 0.317 e. The minimum absolute atomic E-state index is 0. The summed E-state index contributed by atoms with van der Waals surface area (Å²) >= 11 is 0. The first-order valence-electron chi connectivity index (χ1n) is 6.09. The molecule has 0 aromatic carbocycles. The molecule has 1 aromatic heterocycles. The second kappa shape index (κ2) is 9.55. The Bertz CT molecular complexity index is 286. The predicted molar refractivity (Wildman–Crippen MR) is 77.7 cm³/mol. The summed E-state index contributed by atoms with van der Waals surface area (Å²) in [5.41, 5.74) is 0. The third-order valence-corrected chi connectivity index (χ3v) is 3.32. The molecule has 106 valence electrons. The molecule has 0 saturated carbocycles. The van der Waals surface area contributed by atoms with E-state index >= 15 is 0 Å². The van der Waals surface area contributed by atoms with E-state index in [1.807, 2.05) is 4.68 Å². The predicted octanol–water partition coefficient (Wildman–Crippen LogP) is 1.20. The topological polar surface area (TPSA) is 46.0 Å². The molecule has 0 radical (unpaired) electrons. The monoisotopic (exact) mass is 295 g/mol. The second-order valence-corrected chi connectivity index (χ2v) is 4.47. The SMILES string of the molecule is CN(CCn1cncn1)C1CCCNCC1.Cl.Cl. The van der Waals surface area contributed by atoms with Crippen LogP contribution in [0.2, 0.25) is 0 Å². The molecule has 1 unspecified atom stereocenters. The molecule has 1 aromatic rings. The summed E-state index contributed by atoms with van der Waals surface area (Å²) in [5.74, 6) is 0. The number of rotatable bonds is 4. The van der Waals surface area contributed by atoms with E-state index in [4.69, 9.17) is 0 Å². The van der Waals surface area contributed by atoms with Crippen LogP contribution in [0.1, 0.15) is 19.3 Å². The Morgan fingerprint density at radius 3 is 2.89 bits per heavy atom. The number of halogens is 2. The highest BCUT2D eigenvalue weighted by Gasteiger charge is 2.16. The maximum absolute atomic E-state index is 4.12. The van der Waals surface area contributed by atoms with Crippen LogP contribution in [0, 0.1) is 0 Å². The van der Waals surface area contributed by atoms with Gasteiger partial charge in [0.15, 0.2) is 0 Å². The Hall–Kier alpha value is -0.360. The molecule has 18 heavy (non-hydrogen) atoms. The Morgan fingerprint density at radius 1 is 1.33 bits per heavy atom. The molecule has 1 saturated heterocycles. The molecule has 1 fully saturated rings. The van der Waals surface area contributed by atoms with Crippen LogP contribution in [0.25, 0.3) is 0 Å². The molecule has 0 spiro atoms. The van der Waals surface area contributed by atoms with Crippen LogP contribution in [0.3, 0.4) is 0 Å². The van der Waals surface area contributed by atoms with E-state index in [0.29, 0.717) is 0 Å². The maximum atomic E-state index is 4.12. The summed E-state index contributed by atoms with van der Waals surface area (Å²) in [5, 5.41) is 7.57. The van der Waals surface area contributed by atoms with Gasteiger partial charge in [-0.3, -0.25) is 4.68 Å². The van der Waals surface area contributed by atoms with Crippen LogP contribution >= 0.6 is 24.8 Å². The lowest BCUT2D eigenvalue weighted by atomic mass is 10.1. The normalized spacial score (nSPS) is 19.8. The molecule has 0 amide bonds. The van der Waals surface area contributed by atoms with Gasteiger partial charge in [0, 0.05) is 12.6 Å². The number of hydrogen-bond acceptors (Lipinski definition) is 4. The summed E-state index contributed by atoms with van der Waals surface area (Å²) in [6.07, 6.45) is 7.23. The minimum atomic E-state index is 0. The zero-order chi connectivity index (χ0) is 11.2. The average Bonchev–Trinajstić information content (AvgIpc) is 2.66. The van der Waals surface area contributed by atoms with Crippen molar-refractivity contribution in [3.63, 3.8) is 0 Å². The van der Waals surface area contributed by atoms with Crippen molar-refractivity contribution in [2.45, 2.75) is 31.8 Å². The van der Waals surface area contributed by atoms with Crippen LogP contribution in [0.4, 0.5) is 0 Å². The van der Waals surface area contributed by atoms with Gasteiger partial charge in [-0.2, -0.15) is 5.10 Å². The number of likely N-dealkylation sites (N-methyl/N-ethyl adjacent to an activating group) is 1. The molecule has 1 N–H and O–H groups in total. The third-order valence-electron chi connectivity index (χ3n) is 3.32. The standard InChI is InChI=1S/C11H21N5.2ClH/c1-15(7-8-16-10-13-9-14-16)11-3-2-5-12-6-4-11;;/h9-12H,2-8H2,1H3;2*1H. The second-order valence-electron chi connectivity index (χ2n) is 4.47. The van der Waals surface area contributed by atoms with E-state index in [1.54, 1.807) is 12.7 Å². The van der Waals surface area contributed by atoms with Crippen molar-refractivity contribution in [2.24, 2.45) is 0 Å². The van der Waals surface area contributed by atoms with Crippen LogP contribution in [0.15, 0.2) is 12.7 Å². The lowest BCUT2D eigenvalue weighted by Gasteiger charge is -2.26. The molecule has 0 bridgehead atoms. The molecular weight excluding hydrogens is 273 g/mol. The highest BCUT2D eigenvalue weighted by Crippen LogP contribution is 2.11. The molecular formula is C11H23Cl2N5. The number of nitrogens with zero attached hydrogens (tertiary/aromatic N) is 4. The molecule has 1 aliphatic rings. The zero-order valence-corrected chi connectivity index (χ0v) is 12.4. The molecule has 5 nitrogen and oxygen atoms in total. The molecule has 0 aliphatic carbocycles. The molecule has 1 atom stereocenters. The van der Waals surface area contributed by atoms with E-state index < -0.39 is 0 Å². The van der Waals surface area contributed by atoms with Crippen molar-refractivity contribution in [1.82, 2.24) is 25.0 Å². The van der Waals surface area contributed by atoms with Crippen molar-refractivity contribution in [3.05, 3.63) is 12.7 Å². The first kappa shape index (κ1) is 17.6.